The minimum absolute atomic E-state index is 0.0907. The maximum atomic E-state index is 13.2. The molecule has 2 aromatic rings. The van der Waals surface area contributed by atoms with E-state index >= 15 is 0 Å². The smallest absolute Gasteiger partial charge is 0.183 e. The van der Waals surface area contributed by atoms with E-state index in [-0.39, 0.29) is 11.5 Å². The predicted octanol–water partition coefficient (Wildman–Crippen LogP) is 3.18. The molecule has 1 aliphatic carbocycles. The summed E-state index contributed by atoms with van der Waals surface area (Å²) in [6.45, 7) is 2.35. The highest BCUT2D eigenvalue weighted by molar-refractivity contribution is 7.92. The number of hydrogen-bond acceptors (Lipinski definition) is 5. The Balaban J connectivity index is 2.04. The summed E-state index contributed by atoms with van der Waals surface area (Å²) in [5.74, 6) is 0.249. The van der Waals surface area contributed by atoms with E-state index in [0.29, 0.717) is 12.4 Å². The summed E-state index contributed by atoms with van der Waals surface area (Å²) in [5.41, 5.74) is -0.282. The largest absolute Gasteiger partial charge is 0.497 e. The van der Waals surface area contributed by atoms with Crippen LogP contribution in [0.4, 0.5) is 0 Å². The van der Waals surface area contributed by atoms with Crippen LogP contribution in [0.2, 0.25) is 0 Å². The first-order chi connectivity index (χ1) is 12.5. The fraction of sp³-hybridized carbons (Fsp3) is 0.350. The number of methoxy groups -OCH3 is 1. The predicted molar refractivity (Wildman–Crippen MR) is 97.7 cm³/mol. The second kappa shape index (κ2) is 7.10. The van der Waals surface area contributed by atoms with Crippen molar-refractivity contribution in [1.29, 1.82) is 5.26 Å². The summed E-state index contributed by atoms with van der Waals surface area (Å²) in [6.07, 6.45) is 0. The van der Waals surface area contributed by atoms with Crippen molar-refractivity contribution in [3.63, 3.8) is 0 Å². The molecular formula is C20H21NO4S. The van der Waals surface area contributed by atoms with Gasteiger partial charge in [0.15, 0.2) is 9.84 Å². The molecule has 0 bridgehead atoms. The van der Waals surface area contributed by atoms with Crippen LogP contribution < -0.4 is 4.74 Å². The Hall–Kier alpha value is -2.36. The molecule has 0 unspecified atom stereocenters. The van der Waals surface area contributed by atoms with Gasteiger partial charge in [-0.15, -0.1) is 0 Å². The van der Waals surface area contributed by atoms with E-state index in [4.69, 9.17) is 9.47 Å². The van der Waals surface area contributed by atoms with Crippen LogP contribution in [-0.4, -0.2) is 34.0 Å². The Labute approximate surface area is 154 Å². The van der Waals surface area contributed by atoms with E-state index in [9.17, 15) is 13.7 Å². The van der Waals surface area contributed by atoms with Gasteiger partial charge >= 0.3 is 0 Å². The van der Waals surface area contributed by atoms with Gasteiger partial charge in [0.05, 0.1) is 29.9 Å². The van der Waals surface area contributed by atoms with Gasteiger partial charge in [-0.1, -0.05) is 30.3 Å². The summed E-state index contributed by atoms with van der Waals surface area (Å²) in [4.78, 5) is 0.233. The lowest BCUT2D eigenvalue weighted by Crippen LogP contribution is -2.19. The number of benzene rings is 2. The number of sulfone groups is 1. The highest BCUT2D eigenvalue weighted by Gasteiger charge is 2.72. The minimum atomic E-state index is -3.66. The van der Waals surface area contributed by atoms with E-state index in [2.05, 4.69) is 6.07 Å². The molecule has 136 valence electrons. The molecule has 3 atom stereocenters. The van der Waals surface area contributed by atoms with Crippen molar-refractivity contribution >= 4 is 9.84 Å². The Bertz CT molecular complexity index is 903. The zero-order valence-electron chi connectivity index (χ0n) is 14.8. The first kappa shape index (κ1) is 18.4. The highest BCUT2D eigenvalue weighted by atomic mass is 32.2. The van der Waals surface area contributed by atoms with Crippen LogP contribution in [0, 0.1) is 16.7 Å². The topological polar surface area (TPSA) is 76.4 Å². The first-order valence-corrected chi connectivity index (χ1v) is 9.97. The third kappa shape index (κ3) is 2.98. The second-order valence-corrected chi connectivity index (χ2v) is 8.39. The number of rotatable bonds is 7. The molecule has 1 saturated carbocycles. The van der Waals surface area contributed by atoms with Crippen molar-refractivity contribution in [1.82, 2.24) is 0 Å². The van der Waals surface area contributed by atoms with Crippen LogP contribution in [0.5, 0.6) is 5.75 Å². The zero-order valence-corrected chi connectivity index (χ0v) is 15.6. The first-order valence-electron chi connectivity index (χ1n) is 8.43. The van der Waals surface area contributed by atoms with E-state index in [1.807, 2.05) is 19.1 Å². The van der Waals surface area contributed by atoms with E-state index in [1.165, 1.54) is 0 Å². The normalized spacial score (nSPS) is 24.7. The van der Waals surface area contributed by atoms with Crippen molar-refractivity contribution < 1.29 is 17.9 Å². The fourth-order valence-corrected chi connectivity index (χ4v) is 5.84. The van der Waals surface area contributed by atoms with Crippen molar-refractivity contribution in [2.45, 2.75) is 23.0 Å². The van der Waals surface area contributed by atoms with Gasteiger partial charge in [-0.2, -0.15) is 5.26 Å². The molecule has 0 amide bonds. The molecule has 0 N–H and O–H groups in total. The Morgan fingerprint density at radius 3 is 2.31 bits per heavy atom. The van der Waals surface area contributed by atoms with Crippen LogP contribution in [0.3, 0.4) is 0 Å². The van der Waals surface area contributed by atoms with Crippen LogP contribution in [0.25, 0.3) is 0 Å². The van der Waals surface area contributed by atoms with E-state index in [0.717, 1.165) is 5.56 Å². The Morgan fingerprint density at radius 2 is 1.77 bits per heavy atom. The Morgan fingerprint density at radius 1 is 1.12 bits per heavy atom. The van der Waals surface area contributed by atoms with Crippen LogP contribution in [0.1, 0.15) is 18.4 Å². The van der Waals surface area contributed by atoms with Gasteiger partial charge < -0.3 is 9.47 Å². The average molecular weight is 371 g/mol. The van der Waals surface area contributed by atoms with Gasteiger partial charge in [0, 0.05) is 12.5 Å². The molecule has 0 aromatic heterocycles. The quantitative estimate of drug-likeness (QED) is 0.747. The molecule has 3 rings (SSSR count). The number of hydrogen-bond donors (Lipinski definition) is 0. The van der Waals surface area contributed by atoms with Gasteiger partial charge in [-0.05, 0) is 36.8 Å². The summed E-state index contributed by atoms with van der Waals surface area (Å²) in [6, 6.07) is 17.7. The molecule has 0 spiro atoms. The van der Waals surface area contributed by atoms with Crippen molar-refractivity contribution in [3.05, 3.63) is 60.2 Å². The SMILES string of the molecule is CCOC[C@@]1(C#N)[C@H](c2ccc(OC)cc2)[C@@H]1S(=O)(=O)c1ccccc1. The van der Waals surface area contributed by atoms with Gasteiger partial charge in [0.1, 0.15) is 11.2 Å². The van der Waals surface area contributed by atoms with Crippen LogP contribution in [0.15, 0.2) is 59.5 Å². The third-order valence-electron chi connectivity index (χ3n) is 4.89. The lowest BCUT2D eigenvalue weighted by Gasteiger charge is -2.09. The van der Waals surface area contributed by atoms with Gasteiger partial charge in [0.25, 0.3) is 0 Å². The zero-order chi connectivity index (χ0) is 18.8. The summed E-state index contributed by atoms with van der Waals surface area (Å²) in [5, 5.41) is 9.05. The highest BCUT2D eigenvalue weighted by Crippen LogP contribution is 2.64. The lowest BCUT2D eigenvalue weighted by atomic mass is 10.0. The molecule has 0 aliphatic heterocycles. The van der Waals surface area contributed by atoms with Gasteiger partial charge in [-0.3, -0.25) is 0 Å². The fourth-order valence-electron chi connectivity index (χ4n) is 3.51. The second-order valence-electron chi connectivity index (χ2n) is 6.32. The van der Waals surface area contributed by atoms with Crippen LogP contribution >= 0.6 is 0 Å². The van der Waals surface area contributed by atoms with E-state index < -0.39 is 26.4 Å². The molecule has 0 saturated heterocycles. The van der Waals surface area contributed by atoms with Crippen molar-refractivity contribution in [2.75, 3.05) is 20.3 Å². The van der Waals surface area contributed by atoms with E-state index in [1.54, 1.807) is 49.6 Å². The van der Waals surface area contributed by atoms with Crippen molar-refractivity contribution in [3.8, 4) is 11.8 Å². The van der Waals surface area contributed by atoms with Crippen molar-refractivity contribution in [2.24, 2.45) is 5.41 Å². The maximum absolute atomic E-state index is 13.2. The molecular weight excluding hydrogens is 350 g/mol. The van der Waals surface area contributed by atoms with Gasteiger partial charge in [-0.25, -0.2) is 8.42 Å². The molecule has 0 heterocycles. The molecule has 1 fully saturated rings. The van der Waals surface area contributed by atoms with Gasteiger partial charge in [0.2, 0.25) is 0 Å². The summed E-state index contributed by atoms with van der Waals surface area (Å²) < 4.78 is 37.1. The number of ether oxygens (including phenoxy) is 2. The van der Waals surface area contributed by atoms with Crippen LogP contribution in [-0.2, 0) is 14.6 Å². The standard InChI is InChI=1S/C20H21NO4S/c1-3-25-14-20(13-21)18(15-9-11-16(24-2)12-10-15)19(20)26(22,23)17-7-5-4-6-8-17/h4-12,18-19H,3,14H2,1-2H3/t18-,19+,20+/m1/s1. The molecule has 6 heteroatoms. The molecule has 2 aromatic carbocycles. The minimum Gasteiger partial charge on any atom is -0.497 e. The summed E-state index contributed by atoms with van der Waals surface area (Å²) in [7, 11) is -2.09. The molecule has 0 radical (unpaired) electrons. The number of nitriles is 1. The molecule has 5 nitrogen and oxygen atoms in total. The lowest BCUT2D eigenvalue weighted by molar-refractivity contribution is 0.117. The maximum Gasteiger partial charge on any atom is 0.183 e. The summed E-state index contributed by atoms with van der Waals surface area (Å²) >= 11 is 0. The molecule has 26 heavy (non-hydrogen) atoms. The average Bonchev–Trinajstić information content (AvgIpc) is 3.37. The third-order valence-corrected chi connectivity index (χ3v) is 7.18. The Kier molecular flexibility index (Phi) is 5.03. The number of nitrogens with zero attached hydrogens (tertiary/aromatic N) is 1. The molecule has 1 aliphatic rings. The monoisotopic (exact) mass is 371 g/mol.